The molecule has 0 aliphatic heterocycles. The molecule has 1 N–H and O–H groups in total. The molecule has 2 saturated carbocycles. The van der Waals surface area contributed by atoms with Gasteiger partial charge in [-0.1, -0.05) is 6.92 Å². The van der Waals surface area contributed by atoms with E-state index in [2.05, 4.69) is 0 Å². The number of carbonyl (C=O) groups is 2. The molecule has 0 amide bonds. The van der Waals surface area contributed by atoms with Gasteiger partial charge >= 0.3 is 0 Å². The quantitative estimate of drug-likeness (QED) is 0.710. The van der Waals surface area contributed by atoms with E-state index in [1.165, 1.54) is 0 Å². The van der Waals surface area contributed by atoms with E-state index in [1.807, 2.05) is 6.92 Å². The molecule has 2 aliphatic rings. The highest BCUT2D eigenvalue weighted by Crippen LogP contribution is 2.57. The molecule has 84 valence electrons. The van der Waals surface area contributed by atoms with E-state index >= 15 is 0 Å². The van der Waals surface area contributed by atoms with Crippen LogP contribution in [0.2, 0.25) is 0 Å². The van der Waals surface area contributed by atoms with E-state index in [-0.39, 0.29) is 28.8 Å². The highest BCUT2D eigenvalue weighted by Gasteiger charge is 2.60. The zero-order valence-electron chi connectivity index (χ0n) is 9.54. The number of carbonyl (C=O) groups excluding carboxylic acids is 2. The Morgan fingerprint density at radius 3 is 2.40 bits per heavy atom. The summed E-state index contributed by atoms with van der Waals surface area (Å²) in [4.78, 5) is 23.0. The van der Waals surface area contributed by atoms with Crippen LogP contribution in [0.1, 0.15) is 40.0 Å². The lowest BCUT2D eigenvalue weighted by Gasteiger charge is -2.56. The Balaban J connectivity index is 2.31. The van der Waals surface area contributed by atoms with E-state index in [4.69, 9.17) is 0 Å². The minimum Gasteiger partial charge on any atom is -0.390 e. The number of fused-ring (bicyclic) bond motifs is 1. The largest absolute Gasteiger partial charge is 0.390 e. The predicted octanol–water partition coefficient (Wildman–Crippen LogP) is 1.33. The first-order valence-corrected chi connectivity index (χ1v) is 5.52. The van der Waals surface area contributed by atoms with Crippen molar-refractivity contribution in [3.05, 3.63) is 0 Å². The molecule has 3 atom stereocenters. The van der Waals surface area contributed by atoms with Gasteiger partial charge < -0.3 is 5.11 Å². The van der Waals surface area contributed by atoms with Crippen LogP contribution in [-0.4, -0.2) is 22.3 Å². The highest BCUT2D eigenvalue weighted by atomic mass is 16.3. The Bertz CT molecular complexity index is 326. The van der Waals surface area contributed by atoms with Crippen molar-refractivity contribution >= 4 is 11.6 Å². The summed E-state index contributed by atoms with van der Waals surface area (Å²) in [6, 6.07) is 0. The van der Waals surface area contributed by atoms with Crippen LogP contribution in [0.4, 0.5) is 0 Å². The molecule has 0 aromatic carbocycles. The van der Waals surface area contributed by atoms with Crippen molar-refractivity contribution in [2.75, 3.05) is 0 Å². The molecule has 0 aromatic heterocycles. The zero-order valence-corrected chi connectivity index (χ0v) is 9.54. The van der Waals surface area contributed by atoms with Crippen molar-refractivity contribution in [3.63, 3.8) is 0 Å². The second-order valence-electron chi connectivity index (χ2n) is 5.85. The average Bonchev–Trinajstić information content (AvgIpc) is 2.07. The Hall–Kier alpha value is -0.700. The molecule has 0 bridgehead atoms. The van der Waals surface area contributed by atoms with Crippen LogP contribution in [0.5, 0.6) is 0 Å². The second kappa shape index (κ2) is 2.91. The fourth-order valence-corrected chi connectivity index (χ4v) is 3.40. The average molecular weight is 210 g/mol. The molecule has 0 saturated heterocycles. The third-order valence-electron chi connectivity index (χ3n) is 4.25. The number of aliphatic hydroxyl groups is 1. The fraction of sp³-hybridized carbons (Fsp3) is 0.833. The molecule has 3 heteroatoms. The molecule has 2 fully saturated rings. The Kier molecular flexibility index (Phi) is 2.10. The third-order valence-corrected chi connectivity index (χ3v) is 4.25. The van der Waals surface area contributed by atoms with Gasteiger partial charge in [0.25, 0.3) is 0 Å². The molecule has 0 spiro atoms. The smallest absolute Gasteiger partial charge is 0.137 e. The predicted molar refractivity (Wildman–Crippen MR) is 55.2 cm³/mol. The molecule has 0 unspecified atom stereocenters. The standard InChI is InChI=1S/C12H18O3/c1-11(2,15)10-5-7(13)4-8-9(14)6-12(8,10)3/h8,10,15H,4-6H2,1-3H3/t8-,10-,12+/m1/s1. The molecular weight excluding hydrogens is 192 g/mol. The molecule has 0 aromatic rings. The number of rotatable bonds is 1. The molecular formula is C12H18O3. The summed E-state index contributed by atoms with van der Waals surface area (Å²) in [5, 5.41) is 10.1. The first kappa shape index (κ1) is 10.8. The van der Waals surface area contributed by atoms with Gasteiger partial charge in [0, 0.05) is 31.1 Å². The lowest BCUT2D eigenvalue weighted by molar-refractivity contribution is -0.172. The molecule has 0 radical (unpaired) electrons. The Morgan fingerprint density at radius 1 is 1.33 bits per heavy atom. The van der Waals surface area contributed by atoms with Gasteiger partial charge in [-0.3, -0.25) is 9.59 Å². The van der Waals surface area contributed by atoms with Gasteiger partial charge in [0.1, 0.15) is 11.6 Å². The molecule has 2 rings (SSSR count). The zero-order chi connectivity index (χ0) is 11.4. The van der Waals surface area contributed by atoms with Gasteiger partial charge in [0.2, 0.25) is 0 Å². The van der Waals surface area contributed by atoms with Crippen LogP contribution in [0.25, 0.3) is 0 Å². The minimum absolute atomic E-state index is 0.0750. The molecule has 0 heterocycles. The molecule has 3 nitrogen and oxygen atoms in total. The molecule has 2 aliphatic carbocycles. The van der Waals surface area contributed by atoms with Gasteiger partial charge in [0.15, 0.2) is 0 Å². The highest BCUT2D eigenvalue weighted by molar-refractivity contribution is 5.95. The first-order valence-electron chi connectivity index (χ1n) is 5.52. The normalized spacial score (nSPS) is 41.1. The lowest BCUT2D eigenvalue weighted by atomic mass is 9.47. The van der Waals surface area contributed by atoms with Crippen molar-refractivity contribution in [2.24, 2.45) is 17.3 Å². The van der Waals surface area contributed by atoms with Crippen molar-refractivity contribution in [1.82, 2.24) is 0 Å². The summed E-state index contributed by atoms with van der Waals surface area (Å²) in [5.74, 6) is 0.113. The number of hydrogen-bond acceptors (Lipinski definition) is 3. The summed E-state index contributed by atoms with van der Waals surface area (Å²) in [6.07, 6.45) is 1.34. The lowest BCUT2D eigenvalue weighted by Crippen LogP contribution is -2.60. The molecule has 15 heavy (non-hydrogen) atoms. The van der Waals surface area contributed by atoms with Crippen LogP contribution in [0.3, 0.4) is 0 Å². The van der Waals surface area contributed by atoms with E-state index in [1.54, 1.807) is 13.8 Å². The van der Waals surface area contributed by atoms with Gasteiger partial charge in [0.05, 0.1) is 5.60 Å². The van der Waals surface area contributed by atoms with E-state index in [0.717, 1.165) is 0 Å². The van der Waals surface area contributed by atoms with Crippen molar-refractivity contribution in [1.29, 1.82) is 0 Å². The van der Waals surface area contributed by atoms with E-state index < -0.39 is 5.60 Å². The maximum absolute atomic E-state index is 11.5. The monoisotopic (exact) mass is 210 g/mol. The van der Waals surface area contributed by atoms with E-state index in [9.17, 15) is 14.7 Å². The number of Topliss-reactive ketones (excluding diaryl/α,β-unsaturated/α-hetero) is 2. The van der Waals surface area contributed by atoms with Crippen molar-refractivity contribution in [3.8, 4) is 0 Å². The van der Waals surface area contributed by atoms with Crippen LogP contribution >= 0.6 is 0 Å². The van der Waals surface area contributed by atoms with Crippen LogP contribution in [0, 0.1) is 17.3 Å². The Morgan fingerprint density at radius 2 is 1.93 bits per heavy atom. The second-order valence-corrected chi connectivity index (χ2v) is 5.85. The van der Waals surface area contributed by atoms with Gasteiger partial charge in [-0.15, -0.1) is 0 Å². The first-order chi connectivity index (χ1) is 6.75. The van der Waals surface area contributed by atoms with Crippen LogP contribution < -0.4 is 0 Å². The van der Waals surface area contributed by atoms with Crippen molar-refractivity contribution in [2.45, 2.75) is 45.6 Å². The summed E-state index contributed by atoms with van der Waals surface area (Å²) >= 11 is 0. The van der Waals surface area contributed by atoms with Crippen LogP contribution in [-0.2, 0) is 9.59 Å². The van der Waals surface area contributed by atoms with Gasteiger partial charge in [-0.2, -0.15) is 0 Å². The maximum atomic E-state index is 11.5. The van der Waals surface area contributed by atoms with Gasteiger partial charge in [-0.25, -0.2) is 0 Å². The minimum atomic E-state index is -0.871. The SMILES string of the molecule is CC(C)(O)[C@H]1CC(=O)C[C@@H]2C(=O)C[C@@]21C. The maximum Gasteiger partial charge on any atom is 0.137 e. The number of hydrogen-bond donors (Lipinski definition) is 1. The number of ketones is 2. The van der Waals surface area contributed by atoms with E-state index in [0.29, 0.717) is 19.3 Å². The summed E-state index contributed by atoms with van der Waals surface area (Å²) in [5.41, 5.74) is -1.02. The summed E-state index contributed by atoms with van der Waals surface area (Å²) < 4.78 is 0. The van der Waals surface area contributed by atoms with Gasteiger partial charge in [-0.05, 0) is 19.3 Å². The van der Waals surface area contributed by atoms with Crippen molar-refractivity contribution < 1.29 is 14.7 Å². The summed E-state index contributed by atoms with van der Waals surface area (Å²) in [6.45, 7) is 5.51. The Labute approximate surface area is 89.9 Å². The summed E-state index contributed by atoms with van der Waals surface area (Å²) in [7, 11) is 0. The van der Waals surface area contributed by atoms with Crippen LogP contribution in [0.15, 0.2) is 0 Å². The third kappa shape index (κ3) is 1.44. The topological polar surface area (TPSA) is 54.4 Å². The fourth-order valence-electron chi connectivity index (χ4n) is 3.40.